The Hall–Kier alpha value is -3.86. The van der Waals surface area contributed by atoms with Crippen LogP contribution in [0.25, 0.3) is 0 Å². The Bertz CT molecular complexity index is 1060. The number of cyclic esters (lactones) is 2. The lowest BCUT2D eigenvalue weighted by Crippen LogP contribution is -2.36. The number of benzene rings is 2. The largest absolute Gasteiger partial charge is 0.465 e. The van der Waals surface area contributed by atoms with Crippen molar-refractivity contribution < 1.29 is 28.6 Å². The van der Waals surface area contributed by atoms with Crippen molar-refractivity contribution in [3.05, 3.63) is 71.8 Å². The summed E-state index contributed by atoms with van der Waals surface area (Å²) in [5, 5.41) is 11.5. The van der Waals surface area contributed by atoms with E-state index in [9.17, 15) is 14.4 Å². The van der Waals surface area contributed by atoms with Crippen LogP contribution in [-0.2, 0) is 23.8 Å². The third kappa shape index (κ3) is 7.06. The number of hydrogen-bond donors (Lipinski definition) is 1. The molecule has 2 aromatic rings. The van der Waals surface area contributed by atoms with Crippen LogP contribution in [0.3, 0.4) is 0 Å². The van der Waals surface area contributed by atoms with Crippen LogP contribution in [0.5, 0.6) is 0 Å². The summed E-state index contributed by atoms with van der Waals surface area (Å²) in [5.74, 6) is -1.68. The van der Waals surface area contributed by atoms with E-state index in [4.69, 9.17) is 19.5 Å². The number of carbonyl (C=O) groups excluding carboxylic acids is 3. The molecule has 184 valence electrons. The van der Waals surface area contributed by atoms with E-state index in [0.29, 0.717) is 13.2 Å². The SMILES string of the molecule is CC(C)(C)OC(=O)NCC1COC(=O)C1c1ccccc1.N#CC1COC(=O)C1c1ccccc1. The van der Waals surface area contributed by atoms with Crippen LogP contribution < -0.4 is 5.32 Å². The van der Waals surface area contributed by atoms with Crippen molar-refractivity contribution in [3.63, 3.8) is 0 Å². The molecule has 0 aliphatic carbocycles. The molecule has 2 aliphatic rings. The van der Waals surface area contributed by atoms with Gasteiger partial charge in [-0.25, -0.2) is 4.79 Å². The summed E-state index contributed by atoms with van der Waals surface area (Å²) in [6, 6.07) is 20.9. The van der Waals surface area contributed by atoms with Crippen molar-refractivity contribution in [2.75, 3.05) is 19.8 Å². The van der Waals surface area contributed by atoms with Gasteiger partial charge in [0.05, 0.1) is 24.5 Å². The van der Waals surface area contributed by atoms with Gasteiger partial charge in [-0.3, -0.25) is 9.59 Å². The molecule has 4 unspecified atom stereocenters. The van der Waals surface area contributed by atoms with Gasteiger partial charge in [0.15, 0.2) is 0 Å². The van der Waals surface area contributed by atoms with Crippen molar-refractivity contribution in [2.24, 2.45) is 11.8 Å². The van der Waals surface area contributed by atoms with Crippen LogP contribution in [0.2, 0.25) is 0 Å². The average molecular weight is 479 g/mol. The predicted molar refractivity (Wildman–Crippen MR) is 127 cm³/mol. The molecule has 0 spiro atoms. The normalized spacial score (nSPS) is 23.3. The van der Waals surface area contributed by atoms with Gasteiger partial charge >= 0.3 is 18.0 Å². The standard InChI is InChI=1S/C16H21NO4.C11H9NO2/c1-16(2,3)21-15(19)17-9-12-10-20-14(18)13(12)11-7-5-4-6-8-11;12-6-9-7-14-11(13)10(9)8-4-2-1-3-5-8/h4-8,12-13H,9-10H2,1-3H3,(H,17,19);1-5,9-10H,7H2. The molecule has 0 bridgehead atoms. The first kappa shape index (κ1) is 25.8. The number of alkyl carbamates (subject to hydrolysis) is 1. The van der Waals surface area contributed by atoms with Crippen LogP contribution in [0, 0.1) is 23.2 Å². The van der Waals surface area contributed by atoms with Gasteiger partial charge in [-0.05, 0) is 31.9 Å². The van der Waals surface area contributed by atoms with Crippen LogP contribution in [0.1, 0.15) is 43.7 Å². The van der Waals surface area contributed by atoms with Crippen molar-refractivity contribution >= 4 is 18.0 Å². The number of nitrogens with one attached hydrogen (secondary N) is 1. The molecule has 8 heteroatoms. The fraction of sp³-hybridized carbons (Fsp3) is 0.407. The van der Waals surface area contributed by atoms with Gasteiger partial charge in [-0.1, -0.05) is 60.7 Å². The van der Waals surface area contributed by atoms with Crippen molar-refractivity contribution in [1.82, 2.24) is 5.32 Å². The van der Waals surface area contributed by atoms with E-state index in [1.165, 1.54) is 0 Å². The summed E-state index contributed by atoms with van der Waals surface area (Å²) >= 11 is 0. The number of amides is 1. The Kier molecular flexibility index (Phi) is 8.48. The Labute approximate surface area is 205 Å². The van der Waals surface area contributed by atoms with E-state index in [1.807, 2.05) is 81.4 Å². The van der Waals surface area contributed by atoms with Gasteiger partial charge in [-0.2, -0.15) is 5.26 Å². The van der Waals surface area contributed by atoms with Crippen LogP contribution >= 0.6 is 0 Å². The van der Waals surface area contributed by atoms with Gasteiger partial charge < -0.3 is 19.5 Å². The van der Waals surface area contributed by atoms with Gasteiger partial charge in [0.2, 0.25) is 0 Å². The fourth-order valence-corrected chi connectivity index (χ4v) is 4.00. The first-order valence-corrected chi connectivity index (χ1v) is 11.5. The summed E-state index contributed by atoms with van der Waals surface area (Å²) in [4.78, 5) is 34.9. The second kappa shape index (κ2) is 11.5. The molecule has 0 radical (unpaired) electrons. The summed E-state index contributed by atoms with van der Waals surface area (Å²) in [7, 11) is 0. The Balaban J connectivity index is 0.000000211. The quantitative estimate of drug-likeness (QED) is 0.523. The number of rotatable bonds is 4. The Morgan fingerprint density at radius 2 is 1.46 bits per heavy atom. The second-order valence-corrected chi connectivity index (χ2v) is 9.42. The van der Waals surface area contributed by atoms with Gasteiger partial charge in [0.1, 0.15) is 18.1 Å². The lowest BCUT2D eigenvalue weighted by Gasteiger charge is -2.21. The molecule has 8 nitrogen and oxygen atoms in total. The molecule has 2 aliphatic heterocycles. The maximum absolute atomic E-state index is 11.9. The Morgan fingerprint density at radius 1 is 0.943 bits per heavy atom. The lowest BCUT2D eigenvalue weighted by molar-refractivity contribution is -0.140. The number of esters is 2. The molecule has 2 heterocycles. The number of nitriles is 1. The molecule has 4 atom stereocenters. The zero-order chi connectivity index (χ0) is 25.4. The minimum absolute atomic E-state index is 0.0765. The molecule has 4 rings (SSSR count). The fourth-order valence-electron chi connectivity index (χ4n) is 4.00. The summed E-state index contributed by atoms with van der Waals surface area (Å²) < 4.78 is 15.2. The van der Waals surface area contributed by atoms with E-state index in [-0.39, 0.29) is 36.3 Å². The zero-order valence-corrected chi connectivity index (χ0v) is 20.1. The van der Waals surface area contributed by atoms with E-state index in [2.05, 4.69) is 11.4 Å². The van der Waals surface area contributed by atoms with E-state index < -0.39 is 17.6 Å². The summed E-state index contributed by atoms with van der Waals surface area (Å²) in [6.45, 7) is 6.30. The number of ether oxygens (including phenoxy) is 3. The summed E-state index contributed by atoms with van der Waals surface area (Å²) in [6.07, 6.45) is -0.478. The smallest absolute Gasteiger partial charge is 0.407 e. The predicted octanol–water partition coefficient (Wildman–Crippen LogP) is 3.93. The highest BCUT2D eigenvalue weighted by molar-refractivity contribution is 5.81. The van der Waals surface area contributed by atoms with E-state index >= 15 is 0 Å². The van der Waals surface area contributed by atoms with E-state index in [0.717, 1.165) is 11.1 Å². The first-order valence-electron chi connectivity index (χ1n) is 11.5. The minimum Gasteiger partial charge on any atom is -0.465 e. The third-order valence-electron chi connectivity index (χ3n) is 5.62. The highest BCUT2D eigenvalue weighted by atomic mass is 16.6. The van der Waals surface area contributed by atoms with Crippen molar-refractivity contribution in [1.29, 1.82) is 5.26 Å². The Morgan fingerprint density at radius 3 is 2.00 bits per heavy atom. The molecular formula is C27H30N2O6. The monoisotopic (exact) mass is 478 g/mol. The number of carbonyl (C=O) groups is 3. The third-order valence-corrected chi connectivity index (χ3v) is 5.62. The van der Waals surface area contributed by atoms with Crippen LogP contribution in [-0.4, -0.2) is 43.4 Å². The van der Waals surface area contributed by atoms with Crippen molar-refractivity contribution in [2.45, 2.75) is 38.2 Å². The second-order valence-electron chi connectivity index (χ2n) is 9.42. The molecule has 0 aromatic heterocycles. The number of nitrogens with zero attached hydrogens (tertiary/aromatic N) is 1. The topological polar surface area (TPSA) is 115 Å². The molecule has 35 heavy (non-hydrogen) atoms. The highest BCUT2D eigenvalue weighted by Crippen LogP contribution is 2.32. The van der Waals surface area contributed by atoms with Gasteiger partial charge in [0.25, 0.3) is 0 Å². The van der Waals surface area contributed by atoms with Crippen LogP contribution in [0.15, 0.2) is 60.7 Å². The maximum atomic E-state index is 11.9. The van der Waals surface area contributed by atoms with Crippen molar-refractivity contribution in [3.8, 4) is 6.07 Å². The zero-order valence-electron chi connectivity index (χ0n) is 20.1. The highest BCUT2D eigenvalue weighted by Gasteiger charge is 2.39. The molecule has 2 saturated heterocycles. The first-order chi connectivity index (χ1) is 16.7. The molecule has 1 amide bonds. The average Bonchev–Trinajstić information content (AvgIpc) is 3.40. The number of hydrogen-bond acceptors (Lipinski definition) is 7. The van der Waals surface area contributed by atoms with Gasteiger partial charge in [0, 0.05) is 12.5 Å². The molecule has 1 N–H and O–H groups in total. The van der Waals surface area contributed by atoms with E-state index in [1.54, 1.807) is 0 Å². The minimum atomic E-state index is -0.537. The van der Waals surface area contributed by atoms with Gasteiger partial charge in [-0.15, -0.1) is 0 Å². The molecule has 2 fully saturated rings. The molecule has 2 aromatic carbocycles. The lowest BCUT2D eigenvalue weighted by atomic mass is 9.88. The molecule has 0 saturated carbocycles. The maximum Gasteiger partial charge on any atom is 0.407 e. The summed E-state index contributed by atoms with van der Waals surface area (Å²) in [5.41, 5.74) is 1.24. The van der Waals surface area contributed by atoms with Crippen LogP contribution in [0.4, 0.5) is 4.79 Å². The molecular weight excluding hydrogens is 448 g/mol.